The molecule has 2 N–H and O–H groups in total. The summed E-state index contributed by atoms with van der Waals surface area (Å²) in [7, 11) is 1.65. The maximum absolute atomic E-state index is 5.72. The summed E-state index contributed by atoms with van der Waals surface area (Å²) in [6.45, 7) is 6.11. The second kappa shape index (κ2) is 5.63. The molecule has 0 aliphatic carbocycles. The van der Waals surface area contributed by atoms with Gasteiger partial charge in [-0.1, -0.05) is 24.2 Å². The third-order valence-corrected chi connectivity index (χ3v) is 3.55. The summed E-state index contributed by atoms with van der Waals surface area (Å²) in [6.07, 6.45) is 0.673. The minimum Gasteiger partial charge on any atom is -0.399 e. The fourth-order valence-electron chi connectivity index (χ4n) is 2.10. The zero-order valence-corrected chi connectivity index (χ0v) is 12.4. The van der Waals surface area contributed by atoms with Crippen LogP contribution in [0.4, 0.5) is 5.69 Å². The predicted octanol–water partition coefficient (Wildman–Crippen LogP) is 3.08. The molecule has 0 radical (unpaired) electrons. The van der Waals surface area contributed by atoms with Gasteiger partial charge in [0.05, 0.1) is 5.41 Å². The Labute approximate surface area is 119 Å². The first-order chi connectivity index (χ1) is 9.48. The highest BCUT2D eigenvalue weighted by Crippen LogP contribution is 2.31. The Hall–Kier alpha value is -1.88. The van der Waals surface area contributed by atoms with Gasteiger partial charge >= 0.3 is 0 Å². The van der Waals surface area contributed by atoms with Crippen LogP contribution in [0.15, 0.2) is 28.8 Å². The van der Waals surface area contributed by atoms with Crippen molar-refractivity contribution in [3.63, 3.8) is 0 Å². The standard InChI is InChI=1S/C15H21N3O2/c1-5-12(19-4)13-17-14(20-18-13)15(2,3)10-6-8-11(16)9-7-10/h6-9,12H,5,16H2,1-4H3. The number of anilines is 1. The van der Waals surface area contributed by atoms with Crippen LogP contribution in [0.25, 0.3) is 0 Å². The van der Waals surface area contributed by atoms with Crippen molar-refractivity contribution in [2.24, 2.45) is 0 Å². The molecule has 1 atom stereocenters. The molecule has 0 fully saturated rings. The van der Waals surface area contributed by atoms with E-state index in [1.54, 1.807) is 7.11 Å². The highest BCUT2D eigenvalue weighted by molar-refractivity contribution is 5.42. The minimum atomic E-state index is -0.370. The van der Waals surface area contributed by atoms with Gasteiger partial charge in [0.15, 0.2) is 0 Å². The molecule has 0 saturated carbocycles. The van der Waals surface area contributed by atoms with Gasteiger partial charge in [0.25, 0.3) is 0 Å². The summed E-state index contributed by atoms with van der Waals surface area (Å²) in [5.74, 6) is 1.17. The molecule has 1 aromatic heterocycles. The molecule has 0 aliphatic heterocycles. The fourth-order valence-corrected chi connectivity index (χ4v) is 2.10. The van der Waals surface area contributed by atoms with Crippen LogP contribution in [-0.4, -0.2) is 17.3 Å². The molecule has 0 saturated heterocycles. The number of nitrogens with two attached hydrogens (primary N) is 1. The third-order valence-electron chi connectivity index (χ3n) is 3.55. The van der Waals surface area contributed by atoms with E-state index in [4.69, 9.17) is 15.0 Å². The molecule has 1 heterocycles. The lowest BCUT2D eigenvalue weighted by Crippen LogP contribution is -2.19. The number of methoxy groups -OCH3 is 1. The van der Waals surface area contributed by atoms with Crippen molar-refractivity contribution in [1.82, 2.24) is 10.1 Å². The number of benzene rings is 1. The largest absolute Gasteiger partial charge is 0.399 e. The van der Waals surface area contributed by atoms with Crippen LogP contribution in [-0.2, 0) is 10.2 Å². The Kier molecular flexibility index (Phi) is 4.09. The zero-order chi connectivity index (χ0) is 14.8. The van der Waals surface area contributed by atoms with Crippen LogP contribution < -0.4 is 5.73 Å². The summed E-state index contributed by atoms with van der Waals surface area (Å²) in [6, 6.07) is 7.70. The molecule has 0 aliphatic rings. The van der Waals surface area contributed by atoms with Gasteiger partial charge in [0.2, 0.25) is 11.7 Å². The smallest absolute Gasteiger partial charge is 0.236 e. The number of ether oxygens (including phenoxy) is 1. The molecule has 108 valence electrons. The van der Waals surface area contributed by atoms with Gasteiger partial charge < -0.3 is 15.0 Å². The summed E-state index contributed by atoms with van der Waals surface area (Å²) in [5, 5.41) is 4.03. The predicted molar refractivity (Wildman–Crippen MR) is 77.3 cm³/mol. The second-order valence-electron chi connectivity index (χ2n) is 5.34. The van der Waals surface area contributed by atoms with Crippen molar-refractivity contribution in [3.8, 4) is 0 Å². The van der Waals surface area contributed by atoms with E-state index in [1.807, 2.05) is 45.0 Å². The molecular formula is C15H21N3O2. The Bertz CT molecular complexity index is 557. The first-order valence-electron chi connectivity index (χ1n) is 6.72. The van der Waals surface area contributed by atoms with Crippen molar-refractivity contribution < 1.29 is 9.26 Å². The first kappa shape index (κ1) is 14.5. The van der Waals surface area contributed by atoms with Crippen LogP contribution in [0.1, 0.15) is 50.6 Å². The maximum Gasteiger partial charge on any atom is 0.236 e. The van der Waals surface area contributed by atoms with E-state index in [0.717, 1.165) is 17.7 Å². The van der Waals surface area contributed by atoms with E-state index in [9.17, 15) is 0 Å². The summed E-state index contributed by atoms with van der Waals surface area (Å²) in [5.41, 5.74) is 7.16. The molecule has 0 bridgehead atoms. The molecule has 0 amide bonds. The normalized spacial score (nSPS) is 13.4. The fraction of sp³-hybridized carbons (Fsp3) is 0.467. The average Bonchev–Trinajstić information content (AvgIpc) is 2.91. The van der Waals surface area contributed by atoms with Crippen molar-refractivity contribution in [2.75, 3.05) is 12.8 Å². The van der Waals surface area contributed by atoms with Gasteiger partial charge in [-0.2, -0.15) is 4.98 Å². The first-order valence-corrected chi connectivity index (χ1v) is 6.72. The molecule has 0 spiro atoms. The van der Waals surface area contributed by atoms with Gasteiger partial charge in [-0.3, -0.25) is 0 Å². The Morgan fingerprint density at radius 3 is 2.50 bits per heavy atom. The average molecular weight is 275 g/mol. The highest BCUT2D eigenvalue weighted by atomic mass is 16.5. The van der Waals surface area contributed by atoms with E-state index in [-0.39, 0.29) is 11.5 Å². The molecule has 20 heavy (non-hydrogen) atoms. The third kappa shape index (κ3) is 2.67. The van der Waals surface area contributed by atoms with Crippen LogP contribution in [0.5, 0.6) is 0 Å². The van der Waals surface area contributed by atoms with Crippen molar-refractivity contribution >= 4 is 5.69 Å². The number of hydrogen-bond acceptors (Lipinski definition) is 5. The molecule has 1 aromatic carbocycles. The van der Waals surface area contributed by atoms with E-state index < -0.39 is 0 Å². The molecule has 1 unspecified atom stereocenters. The molecule has 2 aromatic rings. The summed E-state index contributed by atoms with van der Waals surface area (Å²) >= 11 is 0. The molecule has 2 rings (SSSR count). The second-order valence-corrected chi connectivity index (χ2v) is 5.34. The number of nitrogen functional groups attached to an aromatic ring is 1. The van der Waals surface area contributed by atoms with Crippen molar-refractivity contribution in [3.05, 3.63) is 41.5 Å². The van der Waals surface area contributed by atoms with Crippen LogP contribution >= 0.6 is 0 Å². The SMILES string of the molecule is CCC(OC)c1noc(C(C)(C)c2ccc(N)cc2)n1. The number of nitrogens with zero attached hydrogens (tertiary/aromatic N) is 2. The lowest BCUT2D eigenvalue weighted by atomic mass is 9.84. The quantitative estimate of drug-likeness (QED) is 0.849. The Morgan fingerprint density at radius 1 is 1.30 bits per heavy atom. The van der Waals surface area contributed by atoms with Crippen molar-refractivity contribution in [1.29, 1.82) is 0 Å². The summed E-state index contributed by atoms with van der Waals surface area (Å²) in [4.78, 5) is 4.49. The minimum absolute atomic E-state index is 0.130. The van der Waals surface area contributed by atoms with Gasteiger partial charge in [0.1, 0.15) is 6.10 Å². The van der Waals surface area contributed by atoms with Crippen LogP contribution in [0, 0.1) is 0 Å². The highest BCUT2D eigenvalue weighted by Gasteiger charge is 2.31. The van der Waals surface area contributed by atoms with Gasteiger partial charge in [0, 0.05) is 12.8 Å². The summed E-state index contributed by atoms with van der Waals surface area (Å²) < 4.78 is 10.8. The van der Waals surface area contributed by atoms with Crippen molar-refractivity contribution in [2.45, 2.75) is 38.7 Å². The Balaban J connectivity index is 2.32. The lowest BCUT2D eigenvalue weighted by molar-refractivity contribution is 0.0903. The number of aromatic nitrogens is 2. The number of hydrogen-bond donors (Lipinski definition) is 1. The van der Waals surface area contributed by atoms with E-state index in [0.29, 0.717) is 11.7 Å². The number of rotatable bonds is 5. The van der Waals surface area contributed by atoms with Gasteiger partial charge in [-0.15, -0.1) is 0 Å². The van der Waals surface area contributed by atoms with Crippen LogP contribution in [0.3, 0.4) is 0 Å². The zero-order valence-electron chi connectivity index (χ0n) is 12.4. The van der Waals surface area contributed by atoms with E-state index >= 15 is 0 Å². The Morgan fingerprint density at radius 2 is 1.95 bits per heavy atom. The topological polar surface area (TPSA) is 74.2 Å². The monoisotopic (exact) mass is 275 g/mol. The van der Waals surface area contributed by atoms with Gasteiger partial charge in [-0.05, 0) is 38.0 Å². The van der Waals surface area contributed by atoms with Crippen LogP contribution in [0.2, 0.25) is 0 Å². The van der Waals surface area contributed by atoms with E-state index in [1.165, 1.54) is 0 Å². The lowest BCUT2D eigenvalue weighted by Gasteiger charge is -2.20. The van der Waals surface area contributed by atoms with Gasteiger partial charge in [-0.25, -0.2) is 0 Å². The molecular weight excluding hydrogens is 254 g/mol. The van der Waals surface area contributed by atoms with E-state index in [2.05, 4.69) is 10.1 Å². The maximum atomic E-state index is 5.72. The molecule has 5 nitrogen and oxygen atoms in total. The molecule has 5 heteroatoms.